The van der Waals surface area contributed by atoms with E-state index in [-0.39, 0.29) is 0 Å². The minimum atomic E-state index is -0.716. The molecule has 2 heteroatoms. The molecule has 66 valence electrons. The van der Waals surface area contributed by atoms with Crippen LogP contribution >= 0.6 is 0 Å². The van der Waals surface area contributed by atoms with Crippen LogP contribution in [-0.4, -0.2) is 0 Å². The molecule has 0 fully saturated rings. The van der Waals surface area contributed by atoms with Crippen molar-refractivity contribution in [3.8, 4) is 0 Å². The number of nitrogens with two attached hydrogens (primary N) is 2. The van der Waals surface area contributed by atoms with Crippen molar-refractivity contribution in [2.75, 3.05) is 0 Å². The number of hydrogen-bond donors (Lipinski definition) is 2. The van der Waals surface area contributed by atoms with Crippen LogP contribution in [0.4, 0.5) is 0 Å². The van der Waals surface area contributed by atoms with Gasteiger partial charge >= 0.3 is 0 Å². The Morgan fingerprint density at radius 3 is 2.25 bits per heavy atom. The zero-order valence-electron chi connectivity index (χ0n) is 7.67. The van der Waals surface area contributed by atoms with Gasteiger partial charge in [-0.3, -0.25) is 0 Å². The minimum Gasteiger partial charge on any atom is -0.310 e. The van der Waals surface area contributed by atoms with Gasteiger partial charge in [0.15, 0.2) is 0 Å². The summed E-state index contributed by atoms with van der Waals surface area (Å²) in [5.74, 6) is 0. The predicted molar refractivity (Wildman–Crippen MR) is 51.5 cm³/mol. The number of rotatable bonds is 2. The van der Waals surface area contributed by atoms with E-state index >= 15 is 0 Å². The SMILES string of the molecule is CCc1ccccc1C(C)(N)N. The van der Waals surface area contributed by atoms with Crippen LogP contribution in [0.5, 0.6) is 0 Å². The summed E-state index contributed by atoms with van der Waals surface area (Å²) in [7, 11) is 0. The topological polar surface area (TPSA) is 52.0 Å². The first-order chi connectivity index (χ1) is 5.55. The van der Waals surface area contributed by atoms with E-state index in [9.17, 15) is 0 Å². The molecule has 4 N–H and O–H groups in total. The summed E-state index contributed by atoms with van der Waals surface area (Å²) in [6, 6.07) is 8.02. The molecule has 1 aromatic carbocycles. The van der Waals surface area contributed by atoms with Gasteiger partial charge in [0.2, 0.25) is 0 Å². The Morgan fingerprint density at radius 2 is 1.83 bits per heavy atom. The van der Waals surface area contributed by atoms with Gasteiger partial charge in [0.1, 0.15) is 0 Å². The molecule has 0 aliphatic heterocycles. The van der Waals surface area contributed by atoms with E-state index in [1.807, 2.05) is 25.1 Å². The van der Waals surface area contributed by atoms with E-state index < -0.39 is 5.66 Å². The van der Waals surface area contributed by atoms with Gasteiger partial charge in [-0.2, -0.15) is 0 Å². The first-order valence-corrected chi connectivity index (χ1v) is 4.22. The highest BCUT2D eigenvalue weighted by Crippen LogP contribution is 2.17. The number of benzene rings is 1. The van der Waals surface area contributed by atoms with Gasteiger partial charge in [0.05, 0.1) is 5.66 Å². The van der Waals surface area contributed by atoms with Gasteiger partial charge in [-0.25, -0.2) is 0 Å². The first kappa shape index (κ1) is 9.23. The highest BCUT2D eigenvalue weighted by molar-refractivity contribution is 5.31. The summed E-state index contributed by atoms with van der Waals surface area (Å²) in [6.07, 6.45) is 0.972. The molecular weight excluding hydrogens is 148 g/mol. The lowest BCUT2D eigenvalue weighted by Crippen LogP contribution is -2.43. The van der Waals surface area contributed by atoms with Gasteiger partial charge in [-0.15, -0.1) is 0 Å². The predicted octanol–water partition coefficient (Wildman–Crippen LogP) is 1.34. The summed E-state index contributed by atoms with van der Waals surface area (Å²) in [5.41, 5.74) is 13.2. The van der Waals surface area contributed by atoms with Crippen LogP contribution in [0, 0.1) is 0 Å². The Balaban J connectivity index is 3.14. The molecule has 1 aromatic rings. The van der Waals surface area contributed by atoms with Crippen LogP contribution in [-0.2, 0) is 12.1 Å². The summed E-state index contributed by atoms with van der Waals surface area (Å²) in [5, 5.41) is 0. The molecule has 1 rings (SSSR count). The van der Waals surface area contributed by atoms with Gasteiger partial charge in [-0.1, -0.05) is 31.2 Å². The van der Waals surface area contributed by atoms with E-state index in [1.165, 1.54) is 5.56 Å². The second-order valence-corrected chi connectivity index (χ2v) is 3.29. The van der Waals surface area contributed by atoms with Crippen molar-refractivity contribution in [1.29, 1.82) is 0 Å². The molecule has 0 aromatic heterocycles. The maximum Gasteiger partial charge on any atom is 0.0872 e. The van der Waals surface area contributed by atoms with E-state index in [1.54, 1.807) is 0 Å². The van der Waals surface area contributed by atoms with Crippen molar-refractivity contribution >= 4 is 0 Å². The lowest BCUT2D eigenvalue weighted by Gasteiger charge is -2.22. The fourth-order valence-electron chi connectivity index (χ4n) is 1.35. The summed E-state index contributed by atoms with van der Waals surface area (Å²) >= 11 is 0. The zero-order valence-corrected chi connectivity index (χ0v) is 7.67. The fraction of sp³-hybridized carbons (Fsp3) is 0.400. The Bertz CT molecular complexity index is 261. The van der Waals surface area contributed by atoms with Crippen molar-refractivity contribution in [3.05, 3.63) is 35.4 Å². The Hall–Kier alpha value is -0.860. The number of aryl methyl sites for hydroxylation is 1. The fourth-order valence-corrected chi connectivity index (χ4v) is 1.35. The molecule has 0 unspecified atom stereocenters. The van der Waals surface area contributed by atoms with Crippen LogP contribution in [0.1, 0.15) is 25.0 Å². The van der Waals surface area contributed by atoms with E-state index in [2.05, 4.69) is 13.0 Å². The third-order valence-corrected chi connectivity index (χ3v) is 1.98. The molecule has 0 radical (unpaired) electrons. The van der Waals surface area contributed by atoms with Crippen molar-refractivity contribution in [3.63, 3.8) is 0 Å². The Morgan fingerprint density at radius 1 is 1.25 bits per heavy atom. The summed E-state index contributed by atoms with van der Waals surface area (Å²) in [4.78, 5) is 0. The van der Waals surface area contributed by atoms with Gasteiger partial charge in [0, 0.05) is 0 Å². The molecule has 0 amide bonds. The van der Waals surface area contributed by atoms with Crippen molar-refractivity contribution in [2.45, 2.75) is 25.9 Å². The summed E-state index contributed by atoms with van der Waals surface area (Å²) < 4.78 is 0. The standard InChI is InChI=1S/C10H16N2/c1-3-8-6-4-5-7-9(8)10(2,11)12/h4-7H,3,11-12H2,1-2H3. The largest absolute Gasteiger partial charge is 0.310 e. The summed E-state index contributed by atoms with van der Waals surface area (Å²) in [6.45, 7) is 3.92. The molecule has 0 saturated carbocycles. The monoisotopic (exact) mass is 164 g/mol. The van der Waals surface area contributed by atoms with E-state index in [4.69, 9.17) is 11.5 Å². The van der Waals surface area contributed by atoms with Gasteiger partial charge < -0.3 is 11.5 Å². The third kappa shape index (κ3) is 1.84. The Kier molecular flexibility index (Phi) is 2.50. The lowest BCUT2D eigenvalue weighted by atomic mass is 9.96. The molecule has 0 saturated heterocycles. The maximum absolute atomic E-state index is 5.81. The smallest absolute Gasteiger partial charge is 0.0872 e. The van der Waals surface area contributed by atoms with E-state index in [0.29, 0.717) is 0 Å². The van der Waals surface area contributed by atoms with Crippen LogP contribution < -0.4 is 11.5 Å². The molecule has 0 heterocycles. The van der Waals surface area contributed by atoms with Crippen LogP contribution in [0.3, 0.4) is 0 Å². The highest BCUT2D eigenvalue weighted by Gasteiger charge is 2.16. The minimum absolute atomic E-state index is 0.716. The molecule has 0 atom stereocenters. The third-order valence-electron chi connectivity index (χ3n) is 1.98. The lowest BCUT2D eigenvalue weighted by molar-refractivity contribution is 0.515. The molecule has 0 aliphatic carbocycles. The number of hydrogen-bond acceptors (Lipinski definition) is 2. The molecule has 2 nitrogen and oxygen atoms in total. The average molecular weight is 164 g/mol. The van der Waals surface area contributed by atoms with Crippen LogP contribution in [0.25, 0.3) is 0 Å². The molecule has 0 aliphatic rings. The average Bonchev–Trinajstić information content (AvgIpc) is 2.03. The van der Waals surface area contributed by atoms with Crippen molar-refractivity contribution in [1.82, 2.24) is 0 Å². The van der Waals surface area contributed by atoms with Crippen molar-refractivity contribution in [2.24, 2.45) is 11.5 Å². The van der Waals surface area contributed by atoms with Gasteiger partial charge in [-0.05, 0) is 24.5 Å². The maximum atomic E-state index is 5.81. The van der Waals surface area contributed by atoms with Gasteiger partial charge in [0.25, 0.3) is 0 Å². The molecule has 0 spiro atoms. The second kappa shape index (κ2) is 3.25. The normalized spacial score (nSPS) is 11.7. The molecule has 0 bridgehead atoms. The quantitative estimate of drug-likeness (QED) is 0.648. The highest BCUT2D eigenvalue weighted by atomic mass is 14.9. The first-order valence-electron chi connectivity index (χ1n) is 4.22. The van der Waals surface area contributed by atoms with E-state index in [0.717, 1.165) is 12.0 Å². The zero-order chi connectivity index (χ0) is 9.19. The molecule has 12 heavy (non-hydrogen) atoms. The Labute approximate surface area is 73.6 Å². The molecular formula is C10H16N2. The van der Waals surface area contributed by atoms with Crippen LogP contribution in [0.15, 0.2) is 24.3 Å². The van der Waals surface area contributed by atoms with Crippen molar-refractivity contribution < 1.29 is 0 Å². The van der Waals surface area contributed by atoms with Crippen LogP contribution in [0.2, 0.25) is 0 Å². The second-order valence-electron chi connectivity index (χ2n) is 3.29.